The Bertz CT molecular complexity index is 722. The number of nitrogens with two attached hydrogens (primary N) is 1. The molecule has 1 aliphatic heterocycles. The minimum absolute atomic E-state index is 0.143. The number of rotatable bonds is 3. The van der Waals surface area contributed by atoms with Crippen LogP contribution in [0.5, 0.6) is 0 Å². The normalized spacial score (nSPS) is 15.3. The number of piperazine rings is 1. The van der Waals surface area contributed by atoms with E-state index >= 15 is 0 Å². The number of nitrogens with one attached hydrogen (secondary N) is 1. The van der Waals surface area contributed by atoms with Gasteiger partial charge in [-0.15, -0.1) is 0 Å². The lowest BCUT2D eigenvalue weighted by Gasteiger charge is -2.35. The van der Waals surface area contributed by atoms with E-state index in [0.717, 1.165) is 37.4 Å². The SMILES string of the molecule is Cc1cc(N)c(NC(=O)c2ccccc2)cc1N1CCN(C)CC1. The summed E-state index contributed by atoms with van der Waals surface area (Å²) in [5.74, 6) is -0.143. The molecule has 0 aliphatic carbocycles. The van der Waals surface area contributed by atoms with Gasteiger partial charge in [-0.3, -0.25) is 4.79 Å². The predicted octanol–water partition coefficient (Wildman–Crippen LogP) is 2.58. The summed E-state index contributed by atoms with van der Waals surface area (Å²) in [6, 6.07) is 13.1. The topological polar surface area (TPSA) is 61.6 Å². The molecule has 0 spiro atoms. The average Bonchev–Trinajstić information content (AvgIpc) is 2.59. The molecule has 126 valence electrons. The van der Waals surface area contributed by atoms with Crippen LogP contribution >= 0.6 is 0 Å². The van der Waals surface area contributed by atoms with Crippen molar-refractivity contribution in [3.8, 4) is 0 Å². The van der Waals surface area contributed by atoms with Crippen molar-refractivity contribution in [1.29, 1.82) is 0 Å². The molecule has 0 radical (unpaired) electrons. The molecule has 0 saturated carbocycles. The fourth-order valence-corrected chi connectivity index (χ4v) is 3.00. The molecule has 0 atom stereocenters. The van der Waals surface area contributed by atoms with Crippen LogP contribution in [-0.4, -0.2) is 44.0 Å². The van der Waals surface area contributed by atoms with Crippen LogP contribution < -0.4 is 16.0 Å². The number of nitrogens with zero attached hydrogens (tertiary/aromatic N) is 2. The highest BCUT2D eigenvalue weighted by Gasteiger charge is 2.18. The minimum atomic E-state index is -0.143. The van der Waals surface area contributed by atoms with Crippen LogP contribution in [0.25, 0.3) is 0 Å². The second kappa shape index (κ2) is 6.93. The molecule has 1 saturated heterocycles. The fourth-order valence-electron chi connectivity index (χ4n) is 3.00. The lowest BCUT2D eigenvalue weighted by Crippen LogP contribution is -2.44. The van der Waals surface area contributed by atoms with Crippen molar-refractivity contribution in [2.45, 2.75) is 6.92 Å². The Morgan fingerprint density at radius 1 is 1.08 bits per heavy atom. The summed E-state index contributed by atoms with van der Waals surface area (Å²) in [5.41, 5.74) is 10.3. The first-order valence-corrected chi connectivity index (χ1v) is 8.24. The molecular formula is C19H24N4O. The molecule has 1 aliphatic rings. The molecule has 3 rings (SSSR count). The molecule has 24 heavy (non-hydrogen) atoms. The first-order chi connectivity index (χ1) is 11.5. The number of anilines is 3. The monoisotopic (exact) mass is 324 g/mol. The number of nitrogen functional groups attached to an aromatic ring is 1. The third-order valence-electron chi connectivity index (χ3n) is 4.50. The number of amides is 1. The standard InChI is InChI=1S/C19H24N4O/c1-14-12-16(20)17(21-19(24)15-6-4-3-5-7-15)13-18(14)23-10-8-22(2)9-11-23/h3-7,12-13H,8-11,20H2,1-2H3,(H,21,24). The second-order valence-corrected chi connectivity index (χ2v) is 6.34. The lowest BCUT2D eigenvalue weighted by atomic mass is 10.1. The predicted molar refractivity (Wildman–Crippen MR) is 99.7 cm³/mol. The average molecular weight is 324 g/mol. The van der Waals surface area contributed by atoms with Crippen molar-refractivity contribution in [3.63, 3.8) is 0 Å². The van der Waals surface area contributed by atoms with Crippen LogP contribution in [-0.2, 0) is 0 Å². The molecule has 5 heteroatoms. The van der Waals surface area contributed by atoms with Gasteiger partial charge in [0.1, 0.15) is 0 Å². The van der Waals surface area contributed by atoms with Crippen LogP contribution in [0, 0.1) is 6.92 Å². The summed E-state index contributed by atoms with van der Waals surface area (Å²) in [6.45, 7) is 6.10. The van der Waals surface area contributed by atoms with Crippen LogP contribution in [0.3, 0.4) is 0 Å². The minimum Gasteiger partial charge on any atom is -0.397 e. The highest BCUT2D eigenvalue weighted by Crippen LogP contribution is 2.30. The van der Waals surface area contributed by atoms with E-state index in [0.29, 0.717) is 16.9 Å². The summed E-state index contributed by atoms with van der Waals surface area (Å²) < 4.78 is 0. The Kier molecular flexibility index (Phi) is 4.71. The molecule has 0 aromatic heterocycles. The third-order valence-corrected chi connectivity index (χ3v) is 4.50. The molecule has 1 heterocycles. The van der Waals surface area contributed by atoms with E-state index in [1.165, 1.54) is 0 Å². The summed E-state index contributed by atoms with van der Waals surface area (Å²) >= 11 is 0. The van der Waals surface area contributed by atoms with E-state index in [-0.39, 0.29) is 5.91 Å². The van der Waals surface area contributed by atoms with Crippen LogP contribution in [0.4, 0.5) is 17.1 Å². The highest BCUT2D eigenvalue weighted by atomic mass is 16.1. The lowest BCUT2D eigenvalue weighted by molar-refractivity contribution is 0.102. The Balaban J connectivity index is 1.83. The van der Waals surface area contributed by atoms with Crippen molar-refractivity contribution < 1.29 is 4.79 Å². The van der Waals surface area contributed by atoms with Gasteiger partial charge >= 0.3 is 0 Å². The fraction of sp³-hybridized carbons (Fsp3) is 0.316. The Hall–Kier alpha value is -2.53. The zero-order chi connectivity index (χ0) is 17.1. The summed E-state index contributed by atoms with van der Waals surface area (Å²) in [6.07, 6.45) is 0. The zero-order valence-electron chi connectivity index (χ0n) is 14.2. The number of hydrogen-bond donors (Lipinski definition) is 2. The third kappa shape index (κ3) is 3.51. The zero-order valence-corrected chi connectivity index (χ0v) is 14.2. The first kappa shape index (κ1) is 16.3. The Labute approximate surface area is 143 Å². The van der Waals surface area contributed by atoms with Gasteiger partial charge in [0.15, 0.2) is 0 Å². The largest absolute Gasteiger partial charge is 0.397 e. The maximum Gasteiger partial charge on any atom is 0.255 e. The van der Waals surface area contributed by atoms with E-state index in [9.17, 15) is 4.79 Å². The van der Waals surface area contributed by atoms with Gasteiger partial charge in [-0.05, 0) is 43.8 Å². The maximum absolute atomic E-state index is 12.4. The molecular weight excluding hydrogens is 300 g/mol. The van der Waals surface area contributed by atoms with Crippen molar-refractivity contribution >= 4 is 23.0 Å². The van der Waals surface area contributed by atoms with Gasteiger partial charge in [0.25, 0.3) is 5.91 Å². The quantitative estimate of drug-likeness (QED) is 0.852. The summed E-state index contributed by atoms with van der Waals surface area (Å²) in [5, 5.41) is 2.94. The molecule has 0 unspecified atom stereocenters. The number of likely N-dealkylation sites (N-methyl/N-ethyl adjacent to an activating group) is 1. The van der Waals surface area contributed by atoms with Gasteiger partial charge < -0.3 is 20.9 Å². The van der Waals surface area contributed by atoms with Crippen molar-refractivity contribution in [2.75, 3.05) is 49.2 Å². The van der Waals surface area contributed by atoms with E-state index in [4.69, 9.17) is 5.73 Å². The van der Waals surface area contributed by atoms with Gasteiger partial charge in [0.2, 0.25) is 0 Å². The number of benzene rings is 2. The molecule has 0 bridgehead atoms. The number of aryl methyl sites for hydroxylation is 1. The van der Waals surface area contributed by atoms with Gasteiger partial charge in [-0.25, -0.2) is 0 Å². The maximum atomic E-state index is 12.4. The number of carbonyl (C=O) groups is 1. The Morgan fingerprint density at radius 3 is 2.42 bits per heavy atom. The van der Waals surface area contributed by atoms with Gasteiger partial charge in [-0.1, -0.05) is 18.2 Å². The molecule has 2 aromatic carbocycles. The second-order valence-electron chi connectivity index (χ2n) is 6.34. The van der Waals surface area contributed by atoms with Gasteiger partial charge in [0.05, 0.1) is 11.4 Å². The van der Waals surface area contributed by atoms with Crippen molar-refractivity contribution in [3.05, 3.63) is 53.6 Å². The van der Waals surface area contributed by atoms with E-state index in [1.54, 1.807) is 12.1 Å². The molecule has 2 aromatic rings. The Morgan fingerprint density at radius 2 is 1.75 bits per heavy atom. The molecule has 1 fully saturated rings. The molecule has 3 N–H and O–H groups in total. The van der Waals surface area contributed by atoms with Crippen LogP contribution in [0.1, 0.15) is 15.9 Å². The van der Waals surface area contributed by atoms with Crippen LogP contribution in [0.2, 0.25) is 0 Å². The molecule has 5 nitrogen and oxygen atoms in total. The highest BCUT2D eigenvalue weighted by molar-refractivity contribution is 6.06. The van der Waals surface area contributed by atoms with Gasteiger partial charge in [-0.2, -0.15) is 0 Å². The van der Waals surface area contributed by atoms with E-state index < -0.39 is 0 Å². The molecule has 1 amide bonds. The van der Waals surface area contributed by atoms with Crippen molar-refractivity contribution in [2.24, 2.45) is 0 Å². The first-order valence-electron chi connectivity index (χ1n) is 8.24. The number of carbonyl (C=O) groups excluding carboxylic acids is 1. The van der Waals surface area contributed by atoms with Gasteiger partial charge in [0, 0.05) is 37.4 Å². The van der Waals surface area contributed by atoms with E-state index in [2.05, 4.69) is 29.1 Å². The van der Waals surface area contributed by atoms with Crippen LogP contribution in [0.15, 0.2) is 42.5 Å². The number of hydrogen-bond acceptors (Lipinski definition) is 4. The summed E-state index contributed by atoms with van der Waals surface area (Å²) in [7, 11) is 2.14. The van der Waals surface area contributed by atoms with E-state index in [1.807, 2.05) is 30.3 Å². The summed E-state index contributed by atoms with van der Waals surface area (Å²) in [4.78, 5) is 17.1. The smallest absolute Gasteiger partial charge is 0.255 e. The van der Waals surface area contributed by atoms with Crippen molar-refractivity contribution in [1.82, 2.24) is 4.90 Å².